The maximum Gasteiger partial charge on any atom is 0.416 e. The topological polar surface area (TPSA) is 40.5 Å². The Hall–Kier alpha value is -3.74. The molecular weight excluding hydrogens is 431 g/mol. The highest BCUT2D eigenvalue weighted by Gasteiger charge is 2.30. The third-order valence-electron chi connectivity index (χ3n) is 5.20. The summed E-state index contributed by atoms with van der Waals surface area (Å²) >= 11 is 0. The molecule has 4 rings (SSSR count). The molecule has 0 N–H and O–H groups in total. The molecule has 0 spiro atoms. The fourth-order valence-electron chi connectivity index (χ4n) is 3.67. The number of hydrogen-bond donors (Lipinski definition) is 0. The van der Waals surface area contributed by atoms with Crippen molar-refractivity contribution in [2.45, 2.75) is 26.1 Å². The summed E-state index contributed by atoms with van der Waals surface area (Å²) in [7, 11) is 0. The van der Waals surface area contributed by atoms with Crippen molar-refractivity contribution in [2.75, 3.05) is 6.61 Å². The Labute approximate surface area is 189 Å². The highest BCUT2D eigenvalue weighted by atomic mass is 19.4. The molecule has 0 atom stereocenters. The average Bonchev–Trinajstić information content (AvgIpc) is 3.12. The van der Waals surface area contributed by atoms with Crippen LogP contribution in [0.5, 0.6) is 11.5 Å². The van der Waals surface area contributed by atoms with Crippen molar-refractivity contribution in [3.63, 3.8) is 0 Å². The summed E-state index contributed by atoms with van der Waals surface area (Å²) in [4.78, 5) is 12.0. The summed E-state index contributed by atoms with van der Waals surface area (Å²) < 4.78 is 50.9. The molecule has 0 saturated carbocycles. The number of para-hydroxylation sites is 1. The molecular formula is C26H22F3NO3. The van der Waals surface area contributed by atoms with Crippen LogP contribution in [0, 0.1) is 0 Å². The second-order valence-electron chi connectivity index (χ2n) is 7.55. The molecule has 7 heteroatoms. The van der Waals surface area contributed by atoms with Crippen molar-refractivity contribution < 1.29 is 27.4 Å². The van der Waals surface area contributed by atoms with Crippen molar-refractivity contribution >= 4 is 16.9 Å². The molecule has 0 aliphatic heterocycles. The minimum absolute atomic E-state index is 0.210. The van der Waals surface area contributed by atoms with E-state index in [2.05, 4.69) is 4.57 Å². The molecule has 0 unspecified atom stereocenters. The first-order valence-corrected chi connectivity index (χ1v) is 10.5. The number of nitrogens with zero attached hydrogens (tertiary/aromatic N) is 1. The Balaban J connectivity index is 1.48. The molecule has 0 saturated heterocycles. The van der Waals surface area contributed by atoms with Crippen LogP contribution in [0.3, 0.4) is 0 Å². The number of esters is 1. The lowest BCUT2D eigenvalue weighted by Gasteiger charge is -2.10. The number of carbonyl (C=O) groups excluding carboxylic acids is 1. The maximum atomic E-state index is 12.7. The number of hydrogen-bond acceptors (Lipinski definition) is 3. The van der Waals surface area contributed by atoms with Gasteiger partial charge in [-0.3, -0.25) is 4.79 Å². The molecule has 0 fully saturated rings. The molecule has 1 aromatic heterocycles. The monoisotopic (exact) mass is 453 g/mol. The molecule has 0 amide bonds. The lowest BCUT2D eigenvalue weighted by molar-refractivity contribution is -0.142. The predicted octanol–water partition coefficient (Wildman–Crippen LogP) is 6.61. The first-order chi connectivity index (χ1) is 15.8. The predicted molar refractivity (Wildman–Crippen MR) is 119 cm³/mol. The van der Waals surface area contributed by atoms with Crippen LogP contribution >= 0.6 is 0 Å². The van der Waals surface area contributed by atoms with Crippen LogP contribution in [0.25, 0.3) is 10.9 Å². The van der Waals surface area contributed by atoms with Gasteiger partial charge in [-0.15, -0.1) is 0 Å². The smallest absolute Gasteiger partial charge is 0.416 e. The van der Waals surface area contributed by atoms with E-state index in [-0.39, 0.29) is 12.4 Å². The largest absolute Gasteiger partial charge is 0.466 e. The average molecular weight is 453 g/mol. The van der Waals surface area contributed by atoms with E-state index in [1.807, 2.05) is 42.6 Å². The maximum absolute atomic E-state index is 12.7. The van der Waals surface area contributed by atoms with Gasteiger partial charge in [-0.2, -0.15) is 13.2 Å². The van der Waals surface area contributed by atoms with E-state index in [0.29, 0.717) is 24.7 Å². The highest BCUT2D eigenvalue weighted by Crippen LogP contribution is 2.31. The molecule has 0 aliphatic rings. The van der Waals surface area contributed by atoms with Crippen LogP contribution < -0.4 is 4.74 Å². The van der Waals surface area contributed by atoms with Gasteiger partial charge in [0.2, 0.25) is 0 Å². The summed E-state index contributed by atoms with van der Waals surface area (Å²) in [6, 6.07) is 19.8. The molecule has 170 valence electrons. The first-order valence-electron chi connectivity index (χ1n) is 10.5. The van der Waals surface area contributed by atoms with Crippen LogP contribution in [-0.4, -0.2) is 17.1 Å². The van der Waals surface area contributed by atoms with Crippen molar-refractivity contribution in [3.8, 4) is 11.5 Å². The Bertz CT molecular complexity index is 1240. The number of fused-ring (bicyclic) bond motifs is 1. The normalized spacial score (nSPS) is 11.5. The number of ether oxygens (including phenoxy) is 2. The SMILES string of the molecule is CCOC(=O)Cc1cn(Cc2ccc(Oc3ccc(C(F)(F)F)cc3)cc2)c2ccccc12. The Morgan fingerprint density at radius 1 is 0.909 bits per heavy atom. The fourth-order valence-corrected chi connectivity index (χ4v) is 3.67. The zero-order valence-electron chi connectivity index (χ0n) is 17.9. The van der Waals surface area contributed by atoms with Crippen LogP contribution in [0.4, 0.5) is 13.2 Å². The van der Waals surface area contributed by atoms with Gasteiger partial charge >= 0.3 is 12.1 Å². The number of aromatic nitrogens is 1. The summed E-state index contributed by atoms with van der Waals surface area (Å²) in [6.07, 6.45) is -2.20. The molecule has 3 aromatic carbocycles. The summed E-state index contributed by atoms with van der Waals surface area (Å²) in [5, 5.41) is 1.01. The van der Waals surface area contributed by atoms with Gasteiger partial charge in [-0.25, -0.2) is 0 Å². The van der Waals surface area contributed by atoms with Gasteiger partial charge < -0.3 is 14.0 Å². The third-order valence-corrected chi connectivity index (χ3v) is 5.20. The molecule has 0 radical (unpaired) electrons. The van der Waals surface area contributed by atoms with Crippen LogP contribution in [0.1, 0.15) is 23.6 Å². The summed E-state index contributed by atoms with van der Waals surface area (Å²) in [5.74, 6) is 0.597. The van der Waals surface area contributed by atoms with E-state index in [4.69, 9.17) is 9.47 Å². The van der Waals surface area contributed by atoms with E-state index >= 15 is 0 Å². The molecule has 4 aromatic rings. The lowest BCUT2D eigenvalue weighted by atomic mass is 10.1. The molecule has 0 bridgehead atoms. The third kappa shape index (κ3) is 5.37. The lowest BCUT2D eigenvalue weighted by Crippen LogP contribution is -2.07. The second-order valence-corrected chi connectivity index (χ2v) is 7.55. The van der Waals surface area contributed by atoms with Gasteiger partial charge in [-0.05, 0) is 60.5 Å². The number of benzene rings is 3. The second kappa shape index (κ2) is 9.40. The zero-order chi connectivity index (χ0) is 23.4. The van der Waals surface area contributed by atoms with Crippen LogP contribution in [0.2, 0.25) is 0 Å². The van der Waals surface area contributed by atoms with E-state index in [0.717, 1.165) is 34.2 Å². The van der Waals surface area contributed by atoms with Crippen LogP contribution in [0.15, 0.2) is 79.0 Å². The van der Waals surface area contributed by atoms with Crippen molar-refractivity contribution in [2.24, 2.45) is 0 Å². The summed E-state index contributed by atoms with van der Waals surface area (Å²) in [5.41, 5.74) is 2.22. The zero-order valence-corrected chi connectivity index (χ0v) is 17.9. The van der Waals surface area contributed by atoms with Crippen molar-refractivity contribution in [1.29, 1.82) is 0 Å². The minimum atomic E-state index is -4.38. The number of alkyl halides is 3. The van der Waals surface area contributed by atoms with Gasteiger partial charge in [0.15, 0.2) is 0 Å². The van der Waals surface area contributed by atoms with E-state index < -0.39 is 11.7 Å². The summed E-state index contributed by atoms with van der Waals surface area (Å²) in [6.45, 7) is 2.72. The quantitative estimate of drug-likeness (QED) is 0.296. The molecule has 0 aliphatic carbocycles. The number of rotatable bonds is 7. The van der Waals surface area contributed by atoms with Gasteiger partial charge in [0.25, 0.3) is 0 Å². The van der Waals surface area contributed by atoms with E-state index in [1.54, 1.807) is 19.1 Å². The number of halogens is 3. The highest BCUT2D eigenvalue weighted by molar-refractivity contribution is 5.88. The van der Waals surface area contributed by atoms with Crippen molar-refractivity contribution in [1.82, 2.24) is 4.57 Å². The minimum Gasteiger partial charge on any atom is -0.466 e. The molecule has 33 heavy (non-hydrogen) atoms. The van der Waals surface area contributed by atoms with Gasteiger partial charge in [0.1, 0.15) is 11.5 Å². The Morgan fingerprint density at radius 3 is 2.18 bits per heavy atom. The Morgan fingerprint density at radius 2 is 1.55 bits per heavy atom. The fraction of sp³-hybridized carbons (Fsp3) is 0.192. The van der Waals surface area contributed by atoms with E-state index in [1.165, 1.54) is 12.1 Å². The van der Waals surface area contributed by atoms with E-state index in [9.17, 15) is 18.0 Å². The molecule has 4 nitrogen and oxygen atoms in total. The van der Waals surface area contributed by atoms with Crippen LogP contribution in [-0.2, 0) is 28.7 Å². The number of carbonyl (C=O) groups is 1. The standard InChI is InChI=1S/C26H22F3NO3/c1-2-32-25(31)15-19-17-30(24-6-4-3-5-23(19)24)16-18-7-11-21(12-8-18)33-22-13-9-20(10-14-22)26(27,28)29/h3-14,17H,2,15-16H2,1H3. The Kier molecular flexibility index (Phi) is 6.40. The van der Waals surface area contributed by atoms with Crippen molar-refractivity contribution in [3.05, 3.63) is 95.7 Å². The van der Waals surface area contributed by atoms with Gasteiger partial charge in [-0.1, -0.05) is 30.3 Å². The first kappa shape index (κ1) is 22.5. The van der Waals surface area contributed by atoms with Gasteiger partial charge in [0.05, 0.1) is 18.6 Å². The molecule has 1 heterocycles. The van der Waals surface area contributed by atoms with Gasteiger partial charge in [0, 0.05) is 23.6 Å².